The van der Waals surface area contributed by atoms with Gasteiger partial charge in [0.05, 0.1) is 5.01 Å². The van der Waals surface area contributed by atoms with E-state index in [0.717, 1.165) is 0 Å². The average Bonchev–Trinajstić information content (AvgIpc) is 2.97. The van der Waals surface area contributed by atoms with Gasteiger partial charge < -0.3 is 5.73 Å². The minimum absolute atomic E-state index is 0.0804. The van der Waals surface area contributed by atoms with Gasteiger partial charge >= 0.3 is 6.18 Å². The lowest BCUT2D eigenvalue weighted by molar-refractivity contribution is -0.144. The number of halogens is 3. The van der Waals surface area contributed by atoms with Crippen molar-refractivity contribution in [3.8, 4) is 0 Å². The van der Waals surface area contributed by atoms with Gasteiger partial charge in [0.25, 0.3) is 5.91 Å². The minimum atomic E-state index is -4.65. The van der Waals surface area contributed by atoms with Crippen LogP contribution in [0.15, 0.2) is 5.38 Å². The van der Waals surface area contributed by atoms with Crippen molar-refractivity contribution in [1.82, 2.24) is 20.2 Å². The number of aromatic nitrogens is 4. The van der Waals surface area contributed by atoms with E-state index in [0.29, 0.717) is 18.0 Å². The molecule has 4 N–H and O–H groups in total. The number of aromatic amines is 1. The van der Waals surface area contributed by atoms with Crippen molar-refractivity contribution in [2.75, 3.05) is 11.9 Å². The summed E-state index contributed by atoms with van der Waals surface area (Å²) in [6.45, 7) is 0.393. The van der Waals surface area contributed by atoms with Gasteiger partial charge in [-0.15, -0.1) is 16.4 Å². The summed E-state index contributed by atoms with van der Waals surface area (Å²) < 4.78 is 36.8. The van der Waals surface area contributed by atoms with Gasteiger partial charge in [0.1, 0.15) is 5.69 Å². The molecule has 0 aromatic carbocycles. The quantitative estimate of drug-likeness (QED) is 0.781. The number of thiazole rings is 1. The van der Waals surface area contributed by atoms with E-state index in [-0.39, 0.29) is 5.69 Å². The molecule has 20 heavy (non-hydrogen) atoms. The zero-order valence-electron chi connectivity index (χ0n) is 9.86. The van der Waals surface area contributed by atoms with Crippen LogP contribution in [0, 0.1) is 0 Å². The highest BCUT2D eigenvalue weighted by molar-refractivity contribution is 7.09. The number of alkyl halides is 3. The maximum absolute atomic E-state index is 12.3. The molecule has 0 aliphatic carbocycles. The van der Waals surface area contributed by atoms with Gasteiger partial charge in [-0.05, 0) is 6.54 Å². The Morgan fingerprint density at radius 3 is 2.80 bits per heavy atom. The van der Waals surface area contributed by atoms with E-state index < -0.39 is 23.9 Å². The van der Waals surface area contributed by atoms with Gasteiger partial charge in [0.2, 0.25) is 11.8 Å². The van der Waals surface area contributed by atoms with Crippen molar-refractivity contribution in [3.63, 3.8) is 0 Å². The Bertz CT molecular complexity index is 607. The second-order valence-electron chi connectivity index (χ2n) is 3.62. The topological polar surface area (TPSA) is 110 Å². The van der Waals surface area contributed by atoms with E-state index in [1.165, 1.54) is 16.7 Å². The number of carbonyl (C=O) groups excluding carboxylic acids is 1. The van der Waals surface area contributed by atoms with Crippen molar-refractivity contribution in [1.29, 1.82) is 0 Å². The van der Waals surface area contributed by atoms with Crippen LogP contribution in [-0.4, -0.2) is 32.6 Å². The highest BCUT2D eigenvalue weighted by atomic mass is 32.1. The van der Waals surface area contributed by atoms with E-state index in [1.807, 2.05) is 0 Å². The van der Waals surface area contributed by atoms with Crippen LogP contribution in [0.3, 0.4) is 0 Å². The molecule has 2 rings (SSSR count). The Morgan fingerprint density at radius 1 is 1.45 bits per heavy atom. The molecule has 2 aromatic heterocycles. The summed E-state index contributed by atoms with van der Waals surface area (Å²) in [5, 5.41) is 9.23. The molecule has 0 atom stereocenters. The molecule has 0 unspecified atom stereocenters. The number of nitrogens with one attached hydrogen (secondary N) is 2. The van der Waals surface area contributed by atoms with Gasteiger partial charge in [-0.2, -0.15) is 18.2 Å². The molecule has 0 saturated heterocycles. The van der Waals surface area contributed by atoms with E-state index >= 15 is 0 Å². The van der Waals surface area contributed by atoms with Crippen molar-refractivity contribution >= 4 is 23.2 Å². The first-order chi connectivity index (χ1) is 9.40. The first kappa shape index (κ1) is 14.4. The van der Waals surface area contributed by atoms with Crippen LogP contribution in [0.4, 0.5) is 19.1 Å². The van der Waals surface area contributed by atoms with E-state index in [4.69, 9.17) is 5.73 Å². The molecular formula is C9H9F3N6OS. The normalized spacial score (nSPS) is 11.6. The minimum Gasteiger partial charge on any atom is -0.330 e. The van der Waals surface area contributed by atoms with E-state index in [9.17, 15) is 18.0 Å². The lowest BCUT2D eigenvalue weighted by atomic mass is 10.4. The zero-order chi connectivity index (χ0) is 14.8. The predicted octanol–water partition coefficient (Wildman–Crippen LogP) is 1.03. The third-order valence-electron chi connectivity index (χ3n) is 2.12. The number of nitrogens with two attached hydrogens (primary N) is 1. The van der Waals surface area contributed by atoms with Crippen LogP contribution >= 0.6 is 11.3 Å². The van der Waals surface area contributed by atoms with Crippen LogP contribution < -0.4 is 11.1 Å². The number of carbonyl (C=O) groups is 1. The Labute approximate surface area is 114 Å². The molecule has 0 saturated carbocycles. The molecular weight excluding hydrogens is 297 g/mol. The molecule has 0 aliphatic rings. The SMILES string of the molecule is NCCc1nc(C(=O)Nc2n[nH]c(C(F)(F)F)n2)cs1. The molecule has 0 bridgehead atoms. The fourth-order valence-electron chi connectivity index (χ4n) is 1.26. The second kappa shape index (κ2) is 5.54. The highest BCUT2D eigenvalue weighted by Crippen LogP contribution is 2.26. The molecule has 0 fully saturated rings. The van der Waals surface area contributed by atoms with E-state index in [2.05, 4.69) is 20.4 Å². The predicted molar refractivity (Wildman–Crippen MR) is 64.2 cm³/mol. The van der Waals surface area contributed by atoms with Crippen molar-refractivity contribution < 1.29 is 18.0 Å². The largest absolute Gasteiger partial charge is 0.451 e. The average molecular weight is 306 g/mol. The lowest BCUT2D eigenvalue weighted by Gasteiger charge is -1.99. The maximum atomic E-state index is 12.3. The maximum Gasteiger partial charge on any atom is 0.451 e. The van der Waals surface area contributed by atoms with Gasteiger partial charge in [0.15, 0.2) is 0 Å². The summed E-state index contributed by atoms with van der Waals surface area (Å²) >= 11 is 1.24. The number of amides is 1. The standard InChI is InChI=1S/C9H9F3N6OS/c10-9(11,12)7-16-8(18-17-7)15-6(19)4-3-20-5(14-4)1-2-13/h3H,1-2,13H2,(H2,15,16,17,18,19). The van der Waals surface area contributed by atoms with Crippen LogP contribution in [-0.2, 0) is 12.6 Å². The van der Waals surface area contributed by atoms with Crippen LogP contribution in [0.1, 0.15) is 21.3 Å². The van der Waals surface area contributed by atoms with Crippen molar-refractivity contribution in [3.05, 3.63) is 21.9 Å². The molecule has 0 radical (unpaired) electrons. The molecule has 1 amide bonds. The van der Waals surface area contributed by atoms with Crippen molar-refractivity contribution in [2.24, 2.45) is 5.73 Å². The monoisotopic (exact) mass is 306 g/mol. The van der Waals surface area contributed by atoms with Gasteiger partial charge in [-0.3, -0.25) is 15.2 Å². The van der Waals surface area contributed by atoms with Gasteiger partial charge in [-0.25, -0.2) is 4.98 Å². The Kier molecular flexibility index (Phi) is 3.99. The first-order valence-electron chi connectivity index (χ1n) is 5.35. The van der Waals surface area contributed by atoms with Crippen LogP contribution in [0.2, 0.25) is 0 Å². The number of H-pyrrole nitrogens is 1. The molecule has 7 nitrogen and oxygen atoms in total. The van der Waals surface area contributed by atoms with Crippen LogP contribution in [0.5, 0.6) is 0 Å². The first-order valence-corrected chi connectivity index (χ1v) is 6.23. The third-order valence-corrected chi connectivity index (χ3v) is 3.03. The molecule has 2 heterocycles. The Balaban J connectivity index is 2.05. The molecule has 0 aliphatic heterocycles. The van der Waals surface area contributed by atoms with Gasteiger partial charge in [0, 0.05) is 11.8 Å². The summed E-state index contributed by atoms with van der Waals surface area (Å²) in [5.74, 6) is -2.43. The zero-order valence-corrected chi connectivity index (χ0v) is 10.7. The number of rotatable bonds is 4. The highest BCUT2D eigenvalue weighted by Gasteiger charge is 2.35. The fourth-order valence-corrected chi connectivity index (χ4v) is 2.06. The van der Waals surface area contributed by atoms with Gasteiger partial charge in [-0.1, -0.05) is 0 Å². The van der Waals surface area contributed by atoms with Crippen molar-refractivity contribution in [2.45, 2.75) is 12.6 Å². The number of hydrogen-bond acceptors (Lipinski definition) is 6. The molecule has 0 spiro atoms. The summed E-state index contributed by atoms with van der Waals surface area (Å²) in [4.78, 5) is 18.8. The molecule has 2 aromatic rings. The number of nitrogens with zero attached hydrogens (tertiary/aromatic N) is 3. The number of anilines is 1. The number of hydrogen-bond donors (Lipinski definition) is 3. The summed E-state index contributed by atoms with van der Waals surface area (Å²) in [5.41, 5.74) is 5.43. The summed E-state index contributed by atoms with van der Waals surface area (Å²) in [6, 6.07) is 0. The summed E-state index contributed by atoms with van der Waals surface area (Å²) in [6.07, 6.45) is -4.12. The second-order valence-corrected chi connectivity index (χ2v) is 4.57. The smallest absolute Gasteiger partial charge is 0.330 e. The molecule has 108 valence electrons. The Hall–Kier alpha value is -2.01. The lowest BCUT2D eigenvalue weighted by Crippen LogP contribution is -2.14. The molecule has 11 heteroatoms. The fraction of sp³-hybridized carbons (Fsp3) is 0.333. The third kappa shape index (κ3) is 3.30. The Morgan fingerprint density at radius 2 is 2.20 bits per heavy atom. The van der Waals surface area contributed by atoms with Crippen LogP contribution in [0.25, 0.3) is 0 Å². The van der Waals surface area contributed by atoms with E-state index in [1.54, 1.807) is 5.10 Å². The summed E-state index contributed by atoms with van der Waals surface area (Å²) in [7, 11) is 0.